The van der Waals surface area contributed by atoms with Gasteiger partial charge >= 0.3 is 0 Å². The molecule has 0 aromatic heterocycles. The van der Waals surface area contributed by atoms with Gasteiger partial charge in [0.25, 0.3) is 5.91 Å². The maximum atomic E-state index is 13.3. The van der Waals surface area contributed by atoms with Crippen LogP contribution < -0.4 is 10.1 Å². The molecule has 6 heteroatoms. The predicted octanol–water partition coefficient (Wildman–Crippen LogP) is 3.18. The van der Waals surface area contributed by atoms with Gasteiger partial charge in [0.1, 0.15) is 5.82 Å². The number of ketones is 1. The van der Waals surface area contributed by atoms with Crippen molar-refractivity contribution in [2.24, 2.45) is 0 Å². The standard InChI is InChI=1S/C16H13F2NO3/c1-10(20)11-2-5-13(6-3-11)19-16(21)9-22-15-7-4-12(17)8-14(15)18/h2-8H,9H2,1H3,(H,19,21). The molecule has 0 saturated carbocycles. The highest BCUT2D eigenvalue weighted by Crippen LogP contribution is 2.17. The summed E-state index contributed by atoms with van der Waals surface area (Å²) in [6.07, 6.45) is 0. The van der Waals surface area contributed by atoms with Gasteiger partial charge in [0.05, 0.1) is 0 Å². The molecular weight excluding hydrogens is 292 g/mol. The summed E-state index contributed by atoms with van der Waals surface area (Å²) < 4.78 is 31.0. The quantitative estimate of drug-likeness (QED) is 0.863. The summed E-state index contributed by atoms with van der Waals surface area (Å²) in [5.74, 6) is -2.38. The van der Waals surface area contributed by atoms with Gasteiger partial charge in [-0.1, -0.05) is 0 Å². The van der Waals surface area contributed by atoms with Crippen molar-refractivity contribution in [1.82, 2.24) is 0 Å². The lowest BCUT2D eigenvalue weighted by molar-refractivity contribution is -0.118. The van der Waals surface area contributed by atoms with Crippen LogP contribution in [0.3, 0.4) is 0 Å². The largest absolute Gasteiger partial charge is 0.481 e. The number of hydrogen-bond acceptors (Lipinski definition) is 3. The van der Waals surface area contributed by atoms with Gasteiger partial charge in [-0.3, -0.25) is 9.59 Å². The Kier molecular flexibility index (Phi) is 4.83. The van der Waals surface area contributed by atoms with Crippen molar-refractivity contribution in [3.63, 3.8) is 0 Å². The summed E-state index contributed by atoms with van der Waals surface area (Å²) in [6, 6.07) is 9.14. The molecule has 0 radical (unpaired) electrons. The molecule has 0 saturated heterocycles. The monoisotopic (exact) mass is 305 g/mol. The third-order valence-corrected chi connectivity index (χ3v) is 2.83. The van der Waals surface area contributed by atoms with Gasteiger partial charge in [0, 0.05) is 17.3 Å². The van der Waals surface area contributed by atoms with Crippen LogP contribution in [-0.2, 0) is 4.79 Å². The van der Waals surface area contributed by atoms with E-state index in [9.17, 15) is 18.4 Å². The highest BCUT2D eigenvalue weighted by Gasteiger charge is 2.08. The van der Waals surface area contributed by atoms with Crippen LogP contribution in [0.4, 0.5) is 14.5 Å². The number of amides is 1. The first-order valence-electron chi connectivity index (χ1n) is 6.44. The number of hydrogen-bond donors (Lipinski definition) is 1. The highest BCUT2D eigenvalue weighted by molar-refractivity contribution is 5.95. The van der Waals surface area contributed by atoms with Crippen molar-refractivity contribution >= 4 is 17.4 Å². The lowest BCUT2D eigenvalue weighted by atomic mass is 10.1. The Bertz CT molecular complexity index is 699. The van der Waals surface area contributed by atoms with Gasteiger partial charge in [0.15, 0.2) is 24.0 Å². The molecule has 0 atom stereocenters. The summed E-state index contributed by atoms with van der Waals surface area (Å²) in [7, 11) is 0. The molecule has 1 amide bonds. The van der Waals surface area contributed by atoms with Gasteiger partial charge in [-0.15, -0.1) is 0 Å². The Hall–Kier alpha value is -2.76. The SMILES string of the molecule is CC(=O)c1ccc(NC(=O)COc2ccc(F)cc2F)cc1. The zero-order valence-corrected chi connectivity index (χ0v) is 11.7. The number of anilines is 1. The molecule has 4 nitrogen and oxygen atoms in total. The summed E-state index contributed by atoms with van der Waals surface area (Å²) in [5.41, 5.74) is 1.01. The van der Waals surface area contributed by atoms with Crippen LogP contribution in [0.2, 0.25) is 0 Å². The van der Waals surface area contributed by atoms with E-state index in [1.54, 1.807) is 24.3 Å². The molecule has 0 aliphatic rings. The molecule has 1 N–H and O–H groups in total. The predicted molar refractivity (Wildman–Crippen MR) is 76.9 cm³/mol. The van der Waals surface area contributed by atoms with Crippen LogP contribution in [0.5, 0.6) is 5.75 Å². The number of carbonyl (C=O) groups is 2. The fourth-order valence-electron chi connectivity index (χ4n) is 1.72. The molecule has 0 spiro atoms. The molecule has 2 aromatic rings. The number of halogens is 2. The van der Waals surface area contributed by atoms with E-state index in [1.807, 2.05) is 0 Å². The second-order valence-corrected chi connectivity index (χ2v) is 4.55. The zero-order valence-electron chi connectivity index (χ0n) is 11.7. The maximum Gasteiger partial charge on any atom is 0.262 e. The second kappa shape index (κ2) is 6.80. The average Bonchev–Trinajstić information content (AvgIpc) is 2.47. The van der Waals surface area contributed by atoms with Crippen molar-refractivity contribution in [3.8, 4) is 5.75 Å². The lowest BCUT2D eigenvalue weighted by Crippen LogP contribution is -2.20. The van der Waals surface area contributed by atoms with Crippen LogP contribution in [0.25, 0.3) is 0 Å². The van der Waals surface area contributed by atoms with Crippen LogP contribution in [0, 0.1) is 11.6 Å². The summed E-state index contributed by atoms with van der Waals surface area (Å²) in [4.78, 5) is 22.8. The Morgan fingerprint density at radius 1 is 1.09 bits per heavy atom. The van der Waals surface area contributed by atoms with Crippen LogP contribution in [0.15, 0.2) is 42.5 Å². The molecule has 114 valence electrons. The van der Waals surface area contributed by atoms with E-state index < -0.39 is 24.1 Å². The molecule has 0 fully saturated rings. The lowest BCUT2D eigenvalue weighted by Gasteiger charge is -2.08. The molecule has 2 aromatic carbocycles. The second-order valence-electron chi connectivity index (χ2n) is 4.55. The Labute approximate surface area is 125 Å². The third-order valence-electron chi connectivity index (χ3n) is 2.83. The Balaban J connectivity index is 1.91. The first-order chi connectivity index (χ1) is 10.5. The molecule has 0 unspecified atom stereocenters. The number of rotatable bonds is 5. The fourth-order valence-corrected chi connectivity index (χ4v) is 1.72. The molecule has 0 heterocycles. The maximum absolute atomic E-state index is 13.3. The fraction of sp³-hybridized carbons (Fsp3) is 0.125. The average molecular weight is 305 g/mol. The zero-order chi connectivity index (χ0) is 16.1. The summed E-state index contributed by atoms with van der Waals surface area (Å²) in [6.45, 7) is 1.02. The van der Waals surface area contributed by atoms with Crippen molar-refractivity contribution in [1.29, 1.82) is 0 Å². The number of carbonyl (C=O) groups excluding carboxylic acids is 2. The van der Waals surface area contributed by atoms with Crippen molar-refractivity contribution < 1.29 is 23.1 Å². The van der Waals surface area contributed by atoms with E-state index in [-0.39, 0.29) is 11.5 Å². The number of ether oxygens (including phenoxy) is 1. The van der Waals surface area contributed by atoms with Crippen molar-refractivity contribution in [2.75, 3.05) is 11.9 Å². The topological polar surface area (TPSA) is 55.4 Å². The number of nitrogens with one attached hydrogen (secondary N) is 1. The third kappa shape index (κ3) is 4.12. The molecule has 22 heavy (non-hydrogen) atoms. The van der Waals surface area contributed by atoms with Gasteiger partial charge in [-0.25, -0.2) is 8.78 Å². The van der Waals surface area contributed by atoms with E-state index in [1.165, 1.54) is 6.92 Å². The molecule has 0 bridgehead atoms. The van der Waals surface area contributed by atoms with E-state index >= 15 is 0 Å². The van der Waals surface area contributed by atoms with Gasteiger partial charge in [-0.2, -0.15) is 0 Å². The minimum Gasteiger partial charge on any atom is -0.481 e. The van der Waals surface area contributed by atoms with Crippen molar-refractivity contribution in [3.05, 3.63) is 59.7 Å². The molecule has 0 aliphatic heterocycles. The van der Waals surface area contributed by atoms with Gasteiger partial charge < -0.3 is 10.1 Å². The summed E-state index contributed by atoms with van der Waals surface area (Å²) >= 11 is 0. The minimum absolute atomic E-state index is 0.0759. The van der Waals surface area contributed by atoms with E-state index in [0.29, 0.717) is 17.3 Å². The molecule has 0 aliphatic carbocycles. The normalized spacial score (nSPS) is 10.1. The van der Waals surface area contributed by atoms with Crippen LogP contribution in [0.1, 0.15) is 17.3 Å². The molecule has 2 rings (SSSR count). The van der Waals surface area contributed by atoms with Crippen molar-refractivity contribution in [2.45, 2.75) is 6.92 Å². The van der Waals surface area contributed by atoms with Gasteiger partial charge in [-0.05, 0) is 43.3 Å². The molecular formula is C16H13F2NO3. The first-order valence-corrected chi connectivity index (χ1v) is 6.44. The van der Waals surface area contributed by atoms with E-state index in [0.717, 1.165) is 12.1 Å². The summed E-state index contributed by atoms with van der Waals surface area (Å²) in [5, 5.41) is 2.54. The number of Topliss-reactive ketones (excluding diaryl/α,β-unsaturated/α-hetero) is 1. The smallest absolute Gasteiger partial charge is 0.262 e. The minimum atomic E-state index is -0.876. The van der Waals surface area contributed by atoms with E-state index in [4.69, 9.17) is 4.74 Å². The van der Waals surface area contributed by atoms with Crippen LogP contribution >= 0.6 is 0 Å². The van der Waals surface area contributed by atoms with Crippen LogP contribution in [-0.4, -0.2) is 18.3 Å². The number of benzene rings is 2. The Morgan fingerprint density at radius 3 is 2.36 bits per heavy atom. The van der Waals surface area contributed by atoms with E-state index in [2.05, 4.69) is 5.32 Å². The first kappa shape index (κ1) is 15.6. The highest BCUT2D eigenvalue weighted by atomic mass is 19.1. The Morgan fingerprint density at radius 2 is 1.77 bits per heavy atom. The van der Waals surface area contributed by atoms with Gasteiger partial charge in [0.2, 0.25) is 0 Å².